The van der Waals surface area contributed by atoms with Gasteiger partial charge in [-0.2, -0.15) is 0 Å². The molecule has 0 aromatic heterocycles. The Morgan fingerprint density at radius 3 is 2.36 bits per heavy atom. The van der Waals surface area contributed by atoms with Gasteiger partial charge in [-0.05, 0) is 17.7 Å². The maximum Gasteiger partial charge on any atom is 0.204 e. The van der Waals surface area contributed by atoms with E-state index in [1.807, 2.05) is 0 Å². The van der Waals surface area contributed by atoms with Crippen molar-refractivity contribution < 1.29 is 34.0 Å². The number of fused-ring (bicyclic) bond motifs is 1. The van der Waals surface area contributed by atoms with Crippen LogP contribution < -0.4 is 18.9 Å². The number of methoxy groups -OCH3 is 3. The molecule has 132 valence electrons. The van der Waals surface area contributed by atoms with Gasteiger partial charge < -0.3 is 29.2 Å². The number of phenolic OH excluding ortho intramolecular Hbond substituents is 2. The highest BCUT2D eigenvalue weighted by molar-refractivity contribution is 6.03. The molecule has 0 aliphatic carbocycles. The quantitative estimate of drug-likeness (QED) is 0.879. The van der Waals surface area contributed by atoms with E-state index in [9.17, 15) is 15.0 Å². The van der Waals surface area contributed by atoms with Gasteiger partial charge in [-0.15, -0.1) is 0 Å². The first-order chi connectivity index (χ1) is 12.0. The van der Waals surface area contributed by atoms with Crippen LogP contribution in [0, 0.1) is 0 Å². The molecule has 0 saturated heterocycles. The van der Waals surface area contributed by atoms with Gasteiger partial charge in [-0.1, -0.05) is 6.07 Å². The Labute approximate surface area is 144 Å². The molecule has 1 heterocycles. The van der Waals surface area contributed by atoms with Gasteiger partial charge >= 0.3 is 0 Å². The summed E-state index contributed by atoms with van der Waals surface area (Å²) in [6, 6.07) is 6.30. The van der Waals surface area contributed by atoms with Crippen molar-refractivity contribution >= 4 is 5.78 Å². The van der Waals surface area contributed by atoms with Crippen LogP contribution in [0.15, 0.2) is 24.3 Å². The zero-order chi connectivity index (χ0) is 18.1. The third kappa shape index (κ3) is 2.77. The third-order valence-electron chi connectivity index (χ3n) is 4.10. The van der Waals surface area contributed by atoms with E-state index in [0.29, 0.717) is 11.3 Å². The Hall–Kier alpha value is -3.09. The van der Waals surface area contributed by atoms with Gasteiger partial charge in [-0.25, -0.2) is 0 Å². The number of carbonyl (C=O) groups is 1. The average molecular weight is 346 g/mol. The second-order valence-corrected chi connectivity index (χ2v) is 5.50. The van der Waals surface area contributed by atoms with Crippen LogP contribution in [0.25, 0.3) is 0 Å². The summed E-state index contributed by atoms with van der Waals surface area (Å²) in [5, 5.41) is 20.3. The summed E-state index contributed by atoms with van der Waals surface area (Å²) in [6.07, 6.45) is -0.587. The van der Waals surface area contributed by atoms with Crippen molar-refractivity contribution in [2.24, 2.45) is 0 Å². The molecular weight excluding hydrogens is 328 g/mol. The smallest absolute Gasteiger partial charge is 0.204 e. The van der Waals surface area contributed by atoms with Gasteiger partial charge in [0.15, 0.2) is 28.8 Å². The minimum Gasteiger partial charge on any atom is -0.504 e. The van der Waals surface area contributed by atoms with E-state index >= 15 is 0 Å². The minimum atomic E-state index is -0.602. The number of ketones is 1. The van der Waals surface area contributed by atoms with Gasteiger partial charge in [-0.3, -0.25) is 4.79 Å². The van der Waals surface area contributed by atoms with Crippen LogP contribution in [0.5, 0.6) is 34.5 Å². The van der Waals surface area contributed by atoms with Crippen molar-refractivity contribution in [3.63, 3.8) is 0 Å². The standard InChI is InChI=1S/C18H18O7/c1-22-12-5-4-9(6-10(12)19)13-7-11(20)16-14(25-13)8-15(23-2)18(24-3)17(16)21/h4-6,8,13,19,21H,7H2,1-3H3/t13-/m0/s1. The monoisotopic (exact) mass is 346 g/mol. The van der Waals surface area contributed by atoms with E-state index in [1.165, 1.54) is 33.5 Å². The van der Waals surface area contributed by atoms with Crippen LogP contribution in [0.2, 0.25) is 0 Å². The number of hydrogen-bond acceptors (Lipinski definition) is 7. The third-order valence-corrected chi connectivity index (χ3v) is 4.10. The SMILES string of the molecule is COc1ccc([C@@H]2CC(=O)c3c(cc(OC)c(OC)c3O)O2)cc1O. The predicted octanol–water partition coefficient (Wildman–Crippen LogP) is 2.83. The maximum absolute atomic E-state index is 12.5. The molecule has 0 saturated carbocycles. The van der Waals surface area contributed by atoms with Crippen LogP contribution in [-0.4, -0.2) is 37.3 Å². The fraction of sp³-hybridized carbons (Fsp3) is 0.278. The molecular formula is C18H18O7. The van der Waals surface area contributed by atoms with Gasteiger partial charge in [0.1, 0.15) is 17.4 Å². The fourth-order valence-electron chi connectivity index (χ4n) is 2.87. The lowest BCUT2D eigenvalue weighted by molar-refractivity contribution is 0.0842. The zero-order valence-electron chi connectivity index (χ0n) is 14.0. The number of hydrogen-bond donors (Lipinski definition) is 2. The fourth-order valence-corrected chi connectivity index (χ4v) is 2.87. The molecule has 3 rings (SSSR count). The average Bonchev–Trinajstić information content (AvgIpc) is 2.60. The number of benzene rings is 2. The molecule has 2 aromatic rings. The second-order valence-electron chi connectivity index (χ2n) is 5.50. The molecule has 1 atom stereocenters. The summed E-state index contributed by atoms with van der Waals surface area (Å²) >= 11 is 0. The summed E-state index contributed by atoms with van der Waals surface area (Å²) in [7, 11) is 4.25. The molecule has 1 aliphatic heterocycles. The Morgan fingerprint density at radius 1 is 1.04 bits per heavy atom. The largest absolute Gasteiger partial charge is 0.504 e. The highest BCUT2D eigenvalue weighted by Gasteiger charge is 2.33. The van der Waals surface area contributed by atoms with Crippen LogP contribution in [0.1, 0.15) is 28.4 Å². The van der Waals surface area contributed by atoms with Crippen LogP contribution in [0.4, 0.5) is 0 Å². The maximum atomic E-state index is 12.5. The lowest BCUT2D eigenvalue weighted by Gasteiger charge is -2.27. The highest BCUT2D eigenvalue weighted by atomic mass is 16.5. The van der Waals surface area contributed by atoms with Gasteiger partial charge in [0, 0.05) is 6.07 Å². The number of phenols is 2. The second kappa shape index (κ2) is 6.43. The van der Waals surface area contributed by atoms with Crippen molar-refractivity contribution in [3.8, 4) is 34.5 Å². The van der Waals surface area contributed by atoms with Gasteiger partial charge in [0.25, 0.3) is 0 Å². The Morgan fingerprint density at radius 2 is 1.76 bits per heavy atom. The molecule has 0 radical (unpaired) electrons. The summed E-state index contributed by atoms with van der Waals surface area (Å²) in [4.78, 5) is 12.5. The van der Waals surface area contributed by atoms with E-state index in [4.69, 9.17) is 18.9 Å². The Bertz CT molecular complexity index is 829. The molecule has 7 heteroatoms. The molecule has 0 spiro atoms. The number of carbonyl (C=O) groups excluding carboxylic acids is 1. The molecule has 2 aromatic carbocycles. The van der Waals surface area contributed by atoms with Crippen molar-refractivity contribution in [3.05, 3.63) is 35.4 Å². The Kier molecular flexibility index (Phi) is 4.31. The van der Waals surface area contributed by atoms with Crippen molar-refractivity contribution in [2.75, 3.05) is 21.3 Å². The summed E-state index contributed by atoms with van der Waals surface area (Å²) in [5.74, 6) is 0.223. The van der Waals surface area contributed by atoms with E-state index in [0.717, 1.165) is 0 Å². The molecule has 25 heavy (non-hydrogen) atoms. The number of aromatic hydroxyl groups is 2. The van der Waals surface area contributed by atoms with E-state index in [2.05, 4.69) is 0 Å². The topological polar surface area (TPSA) is 94.5 Å². The summed E-state index contributed by atoms with van der Waals surface area (Å²) < 4.78 is 21.2. The molecule has 0 fully saturated rings. The highest BCUT2D eigenvalue weighted by Crippen LogP contribution is 2.48. The van der Waals surface area contributed by atoms with E-state index in [1.54, 1.807) is 12.1 Å². The molecule has 1 aliphatic rings. The van der Waals surface area contributed by atoms with E-state index < -0.39 is 6.10 Å². The van der Waals surface area contributed by atoms with Gasteiger partial charge in [0.2, 0.25) is 5.75 Å². The number of rotatable bonds is 4. The first-order valence-corrected chi connectivity index (χ1v) is 7.54. The number of Topliss-reactive ketones (excluding diaryl/α,β-unsaturated/α-hetero) is 1. The van der Waals surface area contributed by atoms with Gasteiger partial charge in [0.05, 0.1) is 27.8 Å². The Balaban J connectivity index is 2.02. The molecule has 2 N–H and O–H groups in total. The first-order valence-electron chi connectivity index (χ1n) is 7.54. The lowest BCUT2D eigenvalue weighted by atomic mass is 9.95. The zero-order valence-corrected chi connectivity index (χ0v) is 14.0. The first kappa shape index (κ1) is 16.8. The van der Waals surface area contributed by atoms with Crippen LogP contribution >= 0.6 is 0 Å². The summed E-state index contributed by atoms with van der Waals surface area (Å²) in [6.45, 7) is 0. The van der Waals surface area contributed by atoms with E-state index in [-0.39, 0.29) is 46.5 Å². The predicted molar refractivity (Wildman–Crippen MR) is 88.2 cm³/mol. The molecule has 0 bridgehead atoms. The van der Waals surface area contributed by atoms with Crippen molar-refractivity contribution in [2.45, 2.75) is 12.5 Å². The molecule has 0 amide bonds. The minimum absolute atomic E-state index is 0.0157. The summed E-state index contributed by atoms with van der Waals surface area (Å²) in [5.41, 5.74) is 0.679. The number of ether oxygens (including phenoxy) is 4. The van der Waals surface area contributed by atoms with Crippen LogP contribution in [-0.2, 0) is 0 Å². The van der Waals surface area contributed by atoms with Crippen molar-refractivity contribution in [1.82, 2.24) is 0 Å². The molecule has 0 unspecified atom stereocenters. The van der Waals surface area contributed by atoms with Crippen LogP contribution in [0.3, 0.4) is 0 Å². The molecule has 7 nitrogen and oxygen atoms in total. The lowest BCUT2D eigenvalue weighted by Crippen LogP contribution is -2.20. The van der Waals surface area contributed by atoms with Crippen molar-refractivity contribution in [1.29, 1.82) is 0 Å². The normalized spacial score (nSPS) is 16.0.